The van der Waals surface area contributed by atoms with Crippen molar-refractivity contribution >= 4 is 16.1 Å². The van der Waals surface area contributed by atoms with Crippen LogP contribution in [0.5, 0.6) is 0 Å². The zero-order valence-electron chi connectivity index (χ0n) is 10.8. The van der Waals surface area contributed by atoms with Crippen LogP contribution in [-0.2, 0) is 15.0 Å². The minimum Gasteiger partial charge on any atom is -0.359 e. The SMILES string of the molecule is CNC(=O)C1CCCN(S(=O)(=O)N2CCCC2)C1. The van der Waals surface area contributed by atoms with E-state index in [9.17, 15) is 13.2 Å². The second kappa shape index (κ2) is 5.54. The van der Waals surface area contributed by atoms with Crippen LogP contribution in [0.1, 0.15) is 25.7 Å². The van der Waals surface area contributed by atoms with Crippen LogP contribution in [0.25, 0.3) is 0 Å². The minimum absolute atomic E-state index is 0.0590. The number of nitrogens with one attached hydrogen (secondary N) is 1. The number of piperidine rings is 1. The molecule has 1 atom stereocenters. The van der Waals surface area contributed by atoms with Crippen LogP contribution in [0.3, 0.4) is 0 Å². The van der Waals surface area contributed by atoms with Crippen molar-refractivity contribution in [3.8, 4) is 0 Å². The Bertz CT molecular complexity index is 404. The summed E-state index contributed by atoms with van der Waals surface area (Å²) in [5.74, 6) is -0.266. The molecule has 2 saturated heterocycles. The maximum Gasteiger partial charge on any atom is 0.281 e. The lowest BCUT2D eigenvalue weighted by Crippen LogP contribution is -2.49. The molecule has 1 amide bonds. The third-order valence-corrected chi connectivity index (χ3v) is 5.72. The second-order valence-electron chi connectivity index (χ2n) is 4.93. The van der Waals surface area contributed by atoms with Gasteiger partial charge in [0.15, 0.2) is 0 Å². The number of hydrogen-bond donors (Lipinski definition) is 1. The third-order valence-electron chi connectivity index (χ3n) is 3.72. The van der Waals surface area contributed by atoms with Gasteiger partial charge < -0.3 is 5.32 Å². The topological polar surface area (TPSA) is 69.7 Å². The van der Waals surface area contributed by atoms with Gasteiger partial charge in [-0.3, -0.25) is 4.79 Å². The highest BCUT2D eigenvalue weighted by Crippen LogP contribution is 2.23. The summed E-state index contributed by atoms with van der Waals surface area (Å²) >= 11 is 0. The van der Waals surface area contributed by atoms with Crippen LogP contribution in [0, 0.1) is 5.92 Å². The monoisotopic (exact) mass is 275 g/mol. The zero-order chi connectivity index (χ0) is 13.2. The van der Waals surface area contributed by atoms with Crippen molar-refractivity contribution < 1.29 is 13.2 Å². The first kappa shape index (κ1) is 13.8. The Balaban J connectivity index is 2.06. The summed E-state index contributed by atoms with van der Waals surface area (Å²) < 4.78 is 27.7. The number of carbonyl (C=O) groups excluding carboxylic acids is 1. The molecule has 2 rings (SSSR count). The Morgan fingerprint density at radius 2 is 1.72 bits per heavy atom. The van der Waals surface area contributed by atoms with E-state index in [0.717, 1.165) is 25.7 Å². The minimum atomic E-state index is -3.35. The lowest BCUT2D eigenvalue weighted by molar-refractivity contribution is -0.125. The largest absolute Gasteiger partial charge is 0.359 e. The summed E-state index contributed by atoms with van der Waals surface area (Å²) in [6.07, 6.45) is 3.40. The van der Waals surface area contributed by atoms with Gasteiger partial charge in [-0.05, 0) is 25.7 Å². The van der Waals surface area contributed by atoms with Crippen LogP contribution >= 0.6 is 0 Å². The number of rotatable bonds is 3. The van der Waals surface area contributed by atoms with Crippen LogP contribution in [0.4, 0.5) is 0 Å². The lowest BCUT2D eigenvalue weighted by atomic mass is 9.99. The predicted molar refractivity (Wildman–Crippen MR) is 68.1 cm³/mol. The molecule has 104 valence electrons. The van der Waals surface area contributed by atoms with Crippen LogP contribution in [0.2, 0.25) is 0 Å². The van der Waals surface area contributed by atoms with Crippen LogP contribution in [-0.4, -0.2) is 56.2 Å². The molecule has 1 N–H and O–H groups in total. The van der Waals surface area contributed by atoms with E-state index in [1.165, 1.54) is 4.31 Å². The van der Waals surface area contributed by atoms with Gasteiger partial charge in [0.05, 0.1) is 5.92 Å². The van der Waals surface area contributed by atoms with Crippen molar-refractivity contribution in [1.82, 2.24) is 13.9 Å². The molecule has 0 radical (unpaired) electrons. The molecule has 2 fully saturated rings. The molecule has 0 aromatic rings. The number of amides is 1. The molecule has 2 heterocycles. The van der Waals surface area contributed by atoms with E-state index in [1.807, 2.05) is 0 Å². The predicted octanol–water partition coefficient (Wildman–Crippen LogP) is -0.215. The highest BCUT2D eigenvalue weighted by Gasteiger charge is 2.36. The summed E-state index contributed by atoms with van der Waals surface area (Å²) in [5.41, 5.74) is 0. The molecule has 7 heteroatoms. The lowest BCUT2D eigenvalue weighted by Gasteiger charge is -2.33. The molecule has 0 aromatic heterocycles. The van der Waals surface area contributed by atoms with Gasteiger partial charge in [0, 0.05) is 33.2 Å². The van der Waals surface area contributed by atoms with Gasteiger partial charge in [0.1, 0.15) is 0 Å². The van der Waals surface area contributed by atoms with Crippen LogP contribution in [0.15, 0.2) is 0 Å². The highest BCUT2D eigenvalue weighted by molar-refractivity contribution is 7.86. The van der Waals surface area contributed by atoms with Crippen molar-refractivity contribution in [2.75, 3.05) is 33.2 Å². The van der Waals surface area contributed by atoms with Crippen molar-refractivity contribution in [2.45, 2.75) is 25.7 Å². The Morgan fingerprint density at radius 1 is 1.11 bits per heavy atom. The van der Waals surface area contributed by atoms with Gasteiger partial charge in [-0.2, -0.15) is 17.0 Å². The standard InChI is InChI=1S/C11H21N3O3S/c1-12-11(15)10-5-4-8-14(9-10)18(16,17)13-6-2-3-7-13/h10H,2-9H2,1H3,(H,12,15). The fourth-order valence-corrected chi connectivity index (χ4v) is 4.43. The van der Waals surface area contributed by atoms with E-state index in [4.69, 9.17) is 0 Å². The Hall–Kier alpha value is -0.660. The van der Waals surface area contributed by atoms with Crippen molar-refractivity contribution in [3.05, 3.63) is 0 Å². The van der Waals surface area contributed by atoms with E-state index in [2.05, 4.69) is 5.32 Å². The zero-order valence-corrected chi connectivity index (χ0v) is 11.6. The van der Waals surface area contributed by atoms with E-state index < -0.39 is 10.2 Å². The number of hydrogen-bond acceptors (Lipinski definition) is 3. The van der Waals surface area contributed by atoms with E-state index >= 15 is 0 Å². The summed E-state index contributed by atoms with van der Waals surface area (Å²) in [4.78, 5) is 11.6. The summed E-state index contributed by atoms with van der Waals surface area (Å²) in [6.45, 7) is 2.08. The summed E-state index contributed by atoms with van der Waals surface area (Å²) in [6, 6.07) is 0. The molecule has 2 aliphatic heterocycles. The Kier molecular flexibility index (Phi) is 4.24. The second-order valence-corrected chi connectivity index (χ2v) is 6.85. The van der Waals surface area contributed by atoms with Crippen LogP contribution < -0.4 is 5.32 Å². The fourth-order valence-electron chi connectivity index (χ4n) is 2.65. The van der Waals surface area contributed by atoms with E-state index in [-0.39, 0.29) is 11.8 Å². The van der Waals surface area contributed by atoms with Crippen molar-refractivity contribution in [1.29, 1.82) is 0 Å². The van der Waals surface area contributed by atoms with Gasteiger partial charge in [0.2, 0.25) is 5.91 Å². The first-order valence-electron chi connectivity index (χ1n) is 6.52. The van der Waals surface area contributed by atoms with Gasteiger partial charge in [-0.1, -0.05) is 0 Å². The molecular weight excluding hydrogens is 254 g/mol. The Morgan fingerprint density at radius 3 is 2.33 bits per heavy atom. The normalized spacial score (nSPS) is 27.3. The van der Waals surface area contributed by atoms with Crippen molar-refractivity contribution in [2.24, 2.45) is 5.92 Å². The molecule has 0 spiro atoms. The molecule has 0 saturated carbocycles. The third kappa shape index (κ3) is 2.67. The smallest absolute Gasteiger partial charge is 0.281 e. The quantitative estimate of drug-likeness (QED) is 0.774. The van der Waals surface area contributed by atoms with Gasteiger partial charge >= 0.3 is 0 Å². The first-order valence-corrected chi connectivity index (χ1v) is 7.92. The number of carbonyl (C=O) groups is 1. The molecule has 18 heavy (non-hydrogen) atoms. The maximum atomic E-state index is 12.4. The Labute approximate surface area is 109 Å². The molecule has 6 nitrogen and oxygen atoms in total. The maximum absolute atomic E-state index is 12.4. The molecule has 0 bridgehead atoms. The molecular formula is C11H21N3O3S. The summed E-state index contributed by atoms with van der Waals surface area (Å²) in [5, 5.41) is 2.60. The average molecular weight is 275 g/mol. The molecule has 0 aliphatic carbocycles. The molecule has 0 aromatic carbocycles. The average Bonchev–Trinajstić information content (AvgIpc) is 2.92. The van der Waals surface area contributed by atoms with Gasteiger partial charge in [-0.25, -0.2) is 0 Å². The molecule has 2 aliphatic rings. The van der Waals surface area contributed by atoms with Crippen molar-refractivity contribution in [3.63, 3.8) is 0 Å². The van der Waals surface area contributed by atoms with E-state index in [0.29, 0.717) is 26.2 Å². The summed E-state index contributed by atoms with van der Waals surface area (Å²) in [7, 11) is -1.76. The number of nitrogens with zero attached hydrogens (tertiary/aromatic N) is 2. The highest BCUT2D eigenvalue weighted by atomic mass is 32.2. The fraction of sp³-hybridized carbons (Fsp3) is 0.909. The molecule has 1 unspecified atom stereocenters. The first-order chi connectivity index (χ1) is 8.55. The van der Waals surface area contributed by atoms with Gasteiger partial charge in [-0.15, -0.1) is 0 Å². The van der Waals surface area contributed by atoms with E-state index in [1.54, 1.807) is 11.4 Å². The van der Waals surface area contributed by atoms with Gasteiger partial charge in [0.25, 0.3) is 10.2 Å².